The Kier molecular flexibility index (Phi) is 28.2. The highest BCUT2D eigenvalue weighted by atomic mass is 16.8. The van der Waals surface area contributed by atoms with Crippen molar-refractivity contribution in [1.29, 1.82) is 0 Å². The summed E-state index contributed by atoms with van der Waals surface area (Å²) in [5, 5.41) is 0. The van der Waals surface area contributed by atoms with E-state index in [1.807, 2.05) is 41.5 Å². The predicted molar refractivity (Wildman–Crippen MR) is 455 cm³/mol. The van der Waals surface area contributed by atoms with Crippen molar-refractivity contribution >= 4 is 35.4 Å². The van der Waals surface area contributed by atoms with Crippen LogP contribution in [-0.4, -0.2) is 142 Å². The molecule has 658 valence electrons. The van der Waals surface area contributed by atoms with Gasteiger partial charge in [0.15, 0.2) is 23.1 Å². The molecule has 0 aromatic heterocycles. The van der Waals surface area contributed by atoms with Crippen LogP contribution in [0.2, 0.25) is 0 Å². The molecule has 17 heteroatoms. The Morgan fingerprint density at radius 2 is 0.974 bits per heavy atom. The third kappa shape index (κ3) is 18.8. The maximum Gasteiger partial charge on any atom is 0.233 e. The van der Waals surface area contributed by atoms with Gasteiger partial charge in [-0.05, 0) is 261 Å². The highest BCUT2D eigenvalue weighted by molar-refractivity contribution is 6.06. The van der Waals surface area contributed by atoms with Crippen LogP contribution in [0.25, 0.3) is 0 Å². The third-order valence-electron chi connectivity index (χ3n) is 35.2. The molecule has 17 aliphatic rings. The predicted octanol–water partition coefficient (Wildman–Crippen LogP) is 20.8. The van der Waals surface area contributed by atoms with Crippen molar-refractivity contribution in [2.45, 2.75) is 408 Å². The first-order valence-corrected chi connectivity index (χ1v) is 48.8. The first-order valence-electron chi connectivity index (χ1n) is 48.8. The second-order valence-electron chi connectivity index (χ2n) is 43.2. The van der Waals surface area contributed by atoms with E-state index in [1.165, 1.54) is 139 Å². The Bertz CT molecular complexity index is 3480. The lowest BCUT2D eigenvalue weighted by Crippen LogP contribution is -2.47. The van der Waals surface area contributed by atoms with Gasteiger partial charge in [-0.15, -0.1) is 0 Å². The van der Waals surface area contributed by atoms with Crippen molar-refractivity contribution in [2.75, 3.05) is 26.3 Å². The molecule has 6 amide bonds. The lowest BCUT2D eigenvalue weighted by atomic mass is 9.60. The Morgan fingerprint density at radius 1 is 0.444 bits per heavy atom. The van der Waals surface area contributed by atoms with E-state index in [9.17, 15) is 28.8 Å². The summed E-state index contributed by atoms with van der Waals surface area (Å²) in [5.74, 6) is 8.17. The fourth-order valence-corrected chi connectivity index (χ4v) is 27.0. The molecule has 7 saturated heterocycles. The van der Waals surface area contributed by atoms with E-state index in [2.05, 4.69) is 106 Å². The maximum absolute atomic E-state index is 12.6. The number of hydrogen-bond acceptors (Lipinski definition) is 14. The van der Waals surface area contributed by atoms with Crippen LogP contribution in [0.3, 0.4) is 0 Å². The molecule has 18 rings (SSSR count). The van der Waals surface area contributed by atoms with Gasteiger partial charge in [-0.25, -0.2) is 0 Å². The zero-order valence-electron chi connectivity index (χ0n) is 75.9. The first-order chi connectivity index (χ1) is 55.8. The highest BCUT2D eigenvalue weighted by Gasteiger charge is 2.63. The van der Waals surface area contributed by atoms with Crippen LogP contribution >= 0.6 is 0 Å². The normalized spacial score (nSPS) is 44.8. The molecule has 27 unspecified atom stereocenters. The van der Waals surface area contributed by atoms with Crippen molar-refractivity contribution in [3.05, 3.63) is 35.9 Å². The van der Waals surface area contributed by atoms with Crippen LogP contribution in [0.4, 0.5) is 0 Å². The summed E-state index contributed by atoms with van der Waals surface area (Å²) in [6.45, 7) is 39.0. The number of rotatable bonds is 17. The number of hydrogen-bond donors (Lipinski definition) is 0. The van der Waals surface area contributed by atoms with Crippen molar-refractivity contribution in [1.82, 2.24) is 14.7 Å². The van der Waals surface area contributed by atoms with Gasteiger partial charge in [0, 0.05) is 86.7 Å². The quantitative estimate of drug-likeness (QED) is 0.134. The van der Waals surface area contributed by atoms with Gasteiger partial charge in [0.05, 0.1) is 49.8 Å². The SMILES string of the molecule is CC1C(=O)N(C2CCC3OC4(CCC(C(C)(C)C)CC4)OC3C2)C(=O)C1C.CC1C(=O)N(CC2CC3CC2CC32CCC(c3ccccc3)CC2)C(=O)C1C.CCC1CC(CC)C(CC2COC(C)(CC)O2)C1.CCC1CC(CC)C(CC2COC3(CCCCC3)O2)C1.CCCC1(C)OC2C3CC(CN4C(=O)C(C)C(C)C4=O)C(C3)C2O1. The number of benzene rings is 1. The van der Waals surface area contributed by atoms with Crippen molar-refractivity contribution in [3.63, 3.8) is 0 Å². The Morgan fingerprint density at radius 3 is 1.50 bits per heavy atom. The first kappa shape index (κ1) is 89.6. The van der Waals surface area contributed by atoms with Crippen LogP contribution in [0.1, 0.15) is 347 Å². The number of amides is 6. The second kappa shape index (κ2) is 36.9. The molecule has 17 nitrogen and oxygen atoms in total. The number of carbonyl (C=O) groups excluding carboxylic acids is 6. The van der Waals surface area contributed by atoms with Crippen molar-refractivity contribution in [3.8, 4) is 0 Å². The summed E-state index contributed by atoms with van der Waals surface area (Å²) in [5.41, 5.74) is 2.42. The number of likely N-dealkylation sites (tertiary alicyclic amines) is 3. The minimum absolute atomic E-state index is 0.00439. The molecule has 3 spiro atoms. The summed E-state index contributed by atoms with van der Waals surface area (Å²) in [6, 6.07) is 11.0. The molecular formula is C100H159N3O14. The molecule has 27 atom stereocenters. The van der Waals surface area contributed by atoms with E-state index in [4.69, 9.17) is 37.9 Å². The lowest BCUT2D eigenvalue weighted by molar-refractivity contribution is -0.202. The number of nitrogens with zero attached hydrogens (tertiary/aromatic N) is 3. The van der Waals surface area contributed by atoms with E-state index >= 15 is 0 Å². The molecule has 0 N–H and O–H groups in total. The average molecular weight is 1630 g/mol. The Hall–Kier alpha value is -3.68. The molecule has 17 fully saturated rings. The van der Waals surface area contributed by atoms with Gasteiger partial charge in [0.2, 0.25) is 35.4 Å². The average Bonchev–Trinajstić information content (AvgIpc) is 1.58. The van der Waals surface area contributed by atoms with Crippen LogP contribution < -0.4 is 0 Å². The number of ether oxygens (including phenoxy) is 8. The van der Waals surface area contributed by atoms with E-state index < -0.39 is 11.6 Å². The number of fused-ring (bicyclic) bond motifs is 9. The Labute approximate surface area is 706 Å². The highest BCUT2D eigenvalue weighted by Crippen LogP contribution is 2.65. The van der Waals surface area contributed by atoms with Crippen molar-refractivity contribution < 1.29 is 66.7 Å². The zero-order valence-corrected chi connectivity index (χ0v) is 75.9. The fraction of sp³-hybridized carbons (Fsp3) is 0.880. The maximum atomic E-state index is 12.6. The van der Waals surface area contributed by atoms with Gasteiger partial charge < -0.3 is 37.9 Å². The van der Waals surface area contributed by atoms with Crippen molar-refractivity contribution in [2.24, 2.45) is 123 Å². The molecule has 1 aromatic rings. The van der Waals surface area contributed by atoms with Crippen LogP contribution in [0, 0.1) is 123 Å². The summed E-state index contributed by atoms with van der Waals surface area (Å²) >= 11 is 0. The molecule has 10 aliphatic carbocycles. The van der Waals surface area contributed by atoms with E-state index in [0.29, 0.717) is 65.7 Å². The molecule has 7 aliphatic heterocycles. The Balaban J connectivity index is 0.000000122. The summed E-state index contributed by atoms with van der Waals surface area (Å²) < 4.78 is 50.0. The summed E-state index contributed by atoms with van der Waals surface area (Å²) in [4.78, 5) is 79.6. The molecule has 117 heavy (non-hydrogen) atoms. The topological polar surface area (TPSA) is 186 Å². The molecule has 1 aromatic carbocycles. The van der Waals surface area contributed by atoms with Gasteiger partial charge in [0.25, 0.3) is 0 Å². The molecule has 7 heterocycles. The minimum Gasteiger partial charge on any atom is -0.348 e. The van der Waals surface area contributed by atoms with Gasteiger partial charge in [-0.3, -0.25) is 43.5 Å². The van der Waals surface area contributed by atoms with Gasteiger partial charge in [-0.1, -0.05) is 173 Å². The van der Waals surface area contributed by atoms with Crippen LogP contribution in [0.5, 0.6) is 0 Å². The largest absolute Gasteiger partial charge is 0.348 e. The fourth-order valence-electron chi connectivity index (χ4n) is 27.0. The third-order valence-corrected chi connectivity index (χ3v) is 35.2. The summed E-state index contributed by atoms with van der Waals surface area (Å²) in [7, 11) is 0. The van der Waals surface area contributed by atoms with Gasteiger partial charge in [0.1, 0.15) is 0 Å². The van der Waals surface area contributed by atoms with E-state index in [1.54, 1.807) is 9.80 Å². The minimum atomic E-state index is -0.446. The number of carbonyl (C=O) groups is 6. The number of imide groups is 3. The monoisotopic (exact) mass is 1630 g/mol. The van der Waals surface area contributed by atoms with Gasteiger partial charge in [-0.2, -0.15) is 0 Å². The van der Waals surface area contributed by atoms with Crippen LogP contribution in [-0.2, 0) is 66.7 Å². The van der Waals surface area contributed by atoms with E-state index in [0.717, 1.165) is 156 Å². The standard InChI is InChI=1S/C25H33NO2.C22H35NO4.C19H29NO4.C18H32O2.C16H30O2/c1-16-17(2)24(28)26(23(16)27)15-21-13-22-12-20(21)14-25(22)10-8-19(9-11-25)18-6-4-3-5-7-18;1-13-14(2)20(25)23(19(13)24)16-6-7-17-18(12-16)27-22(26-17)10-8-15(9-11-22)21(3,4)5;1-5-6-19(4)23-15-12-7-13(14(8-12)16(15)24-19)9-20-17(21)10(2)11(3)18(20)22;1-3-14-10-15(4-2)16(11-14)12-17-13-19-18(20-17)8-6-5-7-9-18;1-5-12-8-13(6-2)14(9-12)10-15-11-17-16(4,7-3)18-15/h3-7,16-17,19-22H,8-15H2,1-2H3;13-18H,6-12H2,1-5H3;10-16H,5-9H2,1-4H3;14-17H,3-13H2,1-2H3;12-15H,5-11H2,1-4H3. The smallest absolute Gasteiger partial charge is 0.233 e. The zero-order chi connectivity index (χ0) is 83.4. The molecular weight excluding hydrogens is 1470 g/mol. The molecule has 4 bridgehead atoms. The molecule has 10 saturated carbocycles. The van der Waals surface area contributed by atoms with E-state index in [-0.39, 0.29) is 113 Å². The second-order valence-corrected chi connectivity index (χ2v) is 43.2. The summed E-state index contributed by atoms with van der Waals surface area (Å²) in [6.07, 6.45) is 42.0. The molecule has 0 radical (unpaired) electrons. The van der Waals surface area contributed by atoms with Crippen LogP contribution in [0.15, 0.2) is 30.3 Å². The lowest BCUT2D eigenvalue weighted by Gasteiger charge is -2.45. The van der Waals surface area contributed by atoms with Gasteiger partial charge >= 0.3 is 0 Å².